The van der Waals surface area contributed by atoms with Crippen LogP contribution in [0.3, 0.4) is 0 Å². The highest BCUT2D eigenvalue weighted by atomic mass is 79.9. The molecular formula is C27H19BrO8S. The Labute approximate surface area is 221 Å². The largest absolute Gasteiger partial charge is 0.495 e. The molecule has 188 valence electrons. The monoisotopic (exact) mass is 582 g/mol. The number of hydrogen-bond donors (Lipinski definition) is 1. The predicted octanol–water partition coefficient (Wildman–Crippen LogP) is 5.60. The van der Waals surface area contributed by atoms with E-state index in [9.17, 15) is 18.3 Å². The van der Waals surface area contributed by atoms with E-state index in [0.717, 1.165) is 6.07 Å². The molecule has 5 rings (SSSR count). The summed E-state index contributed by atoms with van der Waals surface area (Å²) in [7, 11) is -3.16. The van der Waals surface area contributed by atoms with Crippen molar-refractivity contribution in [1.82, 2.24) is 0 Å². The molecule has 0 spiro atoms. The van der Waals surface area contributed by atoms with Crippen molar-refractivity contribution in [1.29, 1.82) is 0 Å². The van der Waals surface area contributed by atoms with Gasteiger partial charge in [-0.05, 0) is 24.3 Å². The number of fused-ring (bicyclic) bond motifs is 1. The second-order valence-corrected chi connectivity index (χ2v) is 10.4. The fourth-order valence-electron chi connectivity index (χ4n) is 3.98. The summed E-state index contributed by atoms with van der Waals surface area (Å²) in [5, 5.41) is 9.71. The molecule has 0 radical (unpaired) electrons. The second-order valence-electron chi connectivity index (χ2n) is 7.99. The zero-order valence-corrected chi connectivity index (χ0v) is 21.7. The van der Waals surface area contributed by atoms with Crippen LogP contribution in [0.2, 0.25) is 0 Å². The Hall–Kier alpha value is -4.02. The van der Waals surface area contributed by atoms with Crippen molar-refractivity contribution >= 4 is 32.0 Å². The van der Waals surface area contributed by atoms with E-state index >= 15 is 0 Å². The zero-order chi connectivity index (χ0) is 26.2. The number of methoxy groups -OCH3 is 1. The van der Waals surface area contributed by atoms with E-state index in [1.54, 1.807) is 54.6 Å². The lowest BCUT2D eigenvalue weighted by molar-refractivity contribution is -0.0464. The molecule has 0 unspecified atom stereocenters. The van der Waals surface area contributed by atoms with Gasteiger partial charge in [0.1, 0.15) is 10.6 Å². The predicted molar refractivity (Wildman–Crippen MR) is 137 cm³/mol. The van der Waals surface area contributed by atoms with Crippen LogP contribution in [0.25, 0.3) is 0 Å². The first-order chi connectivity index (χ1) is 17.7. The van der Waals surface area contributed by atoms with Crippen LogP contribution in [0, 0.1) is 0 Å². The Balaban J connectivity index is 1.67. The summed E-state index contributed by atoms with van der Waals surface area (Å²) < 4.78 is 50.5. The van der Waals surface area contributed by atoms with Gasteiger partial charge in [0.25, 0.3) is 0 Å². The van der Waals surface area contributed by atoms with E-state index in [4.69, 9.17) is 18.4 Å². The Bertz CT molecular complexity index is 1550. The standard InChI is InChI=1S/C27H19BrO8S/c1-33-21-13-12-20(28)16-24(21)37(31,32)36-23-15-17(26(29)30)14-22-25(23)35-27(34-22,18-8-4-2-5-9-18)19-10-6-3-7-11-19/h2-16H,1H3,(H,29,30). The number of hydrogen-bond acceptors (Lipinski definition) is 7. The smallest absolute Gasteiger partial charge is 0.343 e. The minimum absolute atomic E-state index is 0.0130. The van der Waals surface area contributed by atoms with Crippen molar-refractivity contribution in [2.75, 3.05) is 7.11 Å². The first kappa shape index (κ1) is 24.7. The Morgan fingerprint density at radius 1 is 0.865 bits per heavy atom. The molecule has 4 aromatic rings. The van der Waals surface area contributed by atoms with Crippen molar-refractivity contribution in [3.8, 4) is 23.0 Å². The number of carboxylic acid groups (broad SMARTS) is 1. The van der Waals surface area contributed by atoms with E-state index < -0.39 is 21.9 Å². The highest BCUT2D eigenvalue weighted by Crippen LogP contribution is 2.53. The normalized spacial score (nSPS) is 13.7. The van der Waals surface area contributed by atoms with Crippen LogP contribution in [0.5, 0.6) is 23.0 Å². The Kier molecular flexibility index (Phi) is 6.30. The molecule has 0 atom stereocenters. The minimum Gasteiger partial charge on any atom is -0.495 e. The fourth-order valence-corrected chi connectivity index (χ4v) is 5.62. The first-order valence-electron chi connectivity index (χ1n) is 10.9. The Morgan fingerprint density at radius 3 is 2.05 bits per heavy atom. The van der Waals surface area contributed by atoms with Crippen LogP contribution in [-0.2, 0) is 15.9 Å². The maximum absolute atomic E-state index is 13.3. The average molecular weight is 583 g/mol. The molecular weight excluding hydrogens is 564 g/mol. The Morgan fingerprint density at radius 2 is 1.49 bits per heavy atom. The van der Waals surface area contributed by atoms with Gasteiger partial charge in [-0.3, -0.25) is 0 Å². The molecule has 1 heterocycles. The van der Waals surface area contributed by atoms with Gasteiger partial charge >= 0.3 is 21.9 Å². The number of carboxylic acids is 1. The van der Waals surface area contributed by atoms with E-state index in [2.05, 4.69) is 15.9 Å². The molecule has 1 N–H and O–H groups in total. The van der Waals surface area contributed by atoms with Crippen molar-refractivity contribution in [2.45, 2.75) is 10.7 Å². The molecule has 1 aliphatic heterocycles. The maximum Gasteiger partial charge on any atom is 0.343 e. The van der Waals surface area contributed by atoms with Crippen LogP contribution in [0.15, 0.2) is 100 Å². The lowest BCUT2D eigenvalue weighted by Gasteiger charge is -2.28. The molecule has 0 bridgehead atoms. The molecule has 0 saturated heterocycles. The quantitative estimate of drug-likeness (QED) is 0.281. The molecule has 37 heavy (non-hydrogen) atoms. The molecule has 0 amide bonds. The van der Waals surface area contributed by atoms with Crippen molar-refractivity contribution < 1.29 is 36.7 Å². The van der Waals surface area contributed by atoms with Crippen LogP contribution >= 0.6 is 15.9 Å². The average Bonchev–Trinajstić information content (AvgIpc) is 3.31. The van der Waals surface area contributed by atoms with Gasteiger partial charge in [-0.25, -0.2) is 4.79 Å². The van der Waals surface area contributed by atoms with Gasteiger partial charge in [0.05, 0.1) is 12.7 Å². The van der Waals surface area contributed by atoms with Gasteiger partial charge in [-0.15, -0.1) is 0 Å². The summed E-state index contributed by atoms with van der Waals surface area (Å²) in [4.78, 5) is 11.7. The molecule has 8 nitrogen and oxygen atoms in total. The number of rotatable bonds is 7. The van der Waals surface area contributed by atoms with Crippen LogP contribution in [-0.4, -0.2) is 26.6 Å². The SMILES string of the molecule is COc1ccc(Br)cc1S(=O)(=O)Oc1cc(C(=O)O)cc2c1OC(c1ccccc1)(c1ccccc1)O2. The van der Waals surface area contributed by atoms with Crippen LogP contribution in [0.1, 0.15) is 21.5 Å². The summed E-state index contributed by atoms with van der Waals surface area (Å²) in [6.45, 7) is 0. The van der Waals surface area contributed by atoms with Crippen LogP contribution < -0.4 is 18.4 Å². The van der Waals surface area contributed by atoms with Crippen molar-refractivity contribution in [3.05, 3.63) is 112 Å². The van der Waals surface area contributed by atoms with Gasteiger partial charge in [-0.1, -0.05) is 76.6 Å². The first-order valence-corrected chi connectivity index (χ1v) is 13.1. The van der Waals surface area contributed by atoms with E-state index in [-0.39, 0.29) is 33.5 Å². The summed E-state index contributed by atoms with van der Waals surface area (Å²) in [6, 6.07) is 24.8. The van der Waals surface area contributed by atoms with E-state index in [1.165, 1.54) is 25.3 Å². The summed E-state index contributed by atoms with van der Waals surface area (Å²) in [5.74, 6) is -3.16. The van der Waals surface area contributed by atoms with Gasteiger partial charge < -0.3 is 23.5 Å². The summed E-state index contributed by atoms with van der Waals surface area (Å²) in [5.41, 5.74) is 0.971. The van der Waals surface area contributed by atoms with Gasteiger partial charge in [-0.2, -0.15) is 8.42 Å². The number of ether oxygens (including phenoxy) is 3. The molecule has 0 fully saturated rings. The van der Waals surface area contributed by atoms with Gasteiger partial charge in [0, 0.05) is 21.7 Å². The summed E-state index contributed by atoms with van der Waals surface area (Å²) in [6.07, 6.45) is 0. The van der Waals surface area contributed by atoms with Crippen LogP contribution in [0.4, 0.5) is 0 Å². The maximum atomic E-state index is 13.3. The van der Waals surface area contributed by atoms with E-state index in [0.29, 0.717) is 15.6 Å². The summed E-state index contributed by atoms with van der Waals surface area (Å²) >= 11 is 3.25. The minimum atomic E-state index is -4.49. The second kappa shape index (κ2) is 9.45. The fraction of sp³-hybridized carbons (Fsp3) is 0.0741. The number of benzene rings is 4. The third kappa shape index (κ3) is 4.49. The third-order valence-corrected chi connectivity index (χ3v) is 7.42. The van der Waals surface area contributed by atoms with Crippen molar-refractivity contribution in [3.63, 3.8) is 0 Å². The topological polar surface area (TPSA) is 108 Å². The molecule has 10 heteroatoms. The lowest BCUT2D eigenvalue weighted by Crippen LogP contribution is -2.36. The number of aromatic carboxylic acids is 1. The lowest BCUT2D eigenvalue weighted by atomic mass is 9.97. The highest BCUT2D eigenvalue weighted by molar-refractivity contribution is 9.10. The molecule has 0 aromatic heterocycles. The highest BCUT2D eigenvalue weighted by Gasteiger charge is 2.47. The number of carbonyl (C=O) groups is 1. The molecule has 0 saturated carbocycles. The van der Waals surface area contributed by atoms with Gasteiger partial charge in [0.15, 0.2) is 11.5 Å². The number of halogens is 1. The molecule has 1 aliphatic rings. The third-order valence-electron chi connectivity index (χ3n) is 5.67. The van der Waals surface area contributed by atoms with Gasteiger partial charge in [0.2, 0.25) is 5.75 Å². The molecule has 4 aromatic carbocycles. The zero-order valence-electron chi connectivity index (χ0n) is 19.3. The van der Waals surface area contributed by atoms with Crippen molar-refractivity contribution in [2.24, 2.45) is 0 Å². The molecule has 0 aliphatic carbocycles. The van der Waals surface area contributed by atoms with E-state index in [1.807, 2.05) is 12.1 Å².